The molecule has 1 aromatic rings. The zero-order valence-electron chi connectivity index (χ0n) is 13.0. The van der Waals surface area contributed by atoms with Crippen molar-refractivity contribution in [1.29, 1.82) is 0 Å². The van der Waals surface area contributed by atoms with E-state index in [0.717, 1.165) is 24.4 Å². The van der Waals surface area contributed by atoms with E-state index in [4.69, 9.17) is 5.73 Å². The van der Waals surface area contributed by atoms with E-state index in [0.29, 0.717) is 25.3 Å². The van der Waals surface area contributed by atoms with Crippen LogP contribution in [0.3, 0.4) is 0 Å². The van der Waals surface area contributed by atoms with Gasteiger partial charge in [0, 0.05) is 43.2 Å². The molecule has 23 heavy (non-hydrogen) atoms. The predicted molar refractivity (Wildman–Crippen MR) is 88.6 cm³/mol. The molecule has 1 aromatic carbocycles. The number of carbonyl (C=O) groups is 2. The van der Waals surface area contributed by atoms with Crippen LogP contribution in [0.5, 0.6) is 0 Å². The lowest BCUT2D eigenvalue weighted by Gasteiger charge is -2.21. The number of halogens is 1. The lowest BCUT2D eigenvalue weighted by Crippen LogP contribution is -2.38. The van der Waals surface area contributed by atoms with Gasteiger partial charge in [-0.25, -0.2) is 4.39 Å². The Hall–Kier alpha value is -1.60. The second kappa shape index (κ2) is 8.88. The second-order valence-electron chi connectivity index (χ2n) is 5.53. The highest BCUT2D eigenvalue weighted by atomic mass is 32.2. The third-order valence-electron chi connectivity index (χ3n) is 3.72. The summed E-state index contributed by atoms with van der Waals surface area (Å²) in [6.07, 6.45) is 1.31. The number of amides is 2. The van der Waals surface area contributed by atoms with Crippen LogP contribution >= 0.6 is 11.8 Å². The number of hydrogen-bond acceptors (Lipinski definition) is 4. The third kappa shape index (κ3) is 6.19. The zero-order chi connectivity index (χ0) is 16.7. The van der Waals surface area contributed by atoms with Crippen molar-refractivity contribution in [3.05, 3.63) is 30.1 Å². The van der Waals surface area contributed by atoms with Crippen LogP contribution in [0, 0.1) is 5.82 Å². The molecule has 126 valence electrons. The molecule has 0 saturated carbocycles. The summed E-state index contributed by atoms with van der Waals surface area (Å²) >= 11 is 1.55. The minimum Gasteiger partial charge on any atom is -0.369 e. The van der Waals surface area contributed by atoms with Crippen molar-refractivity contribution >= 4 is 23.6 Å². The van der Waals surface area contributed by atoms with Gasteiger partial charge in [-0.15, -0.1) is 11.8 Å². The first-order chi connectivity index (χ1) is 11.0. The van der Waals surface area contributed by atoms with Crippen LogP contribution in [0.4, 0.5) is 4.39 Å². The zero-order valence-corrected chi connectivity index (χ0v) is 13.9. The van der Waals surface area contributed by atoms with Gasteiger partial charge >= 0.3 is 0 Å². The predicted octanol–water partition coefficient (Wildman–Crippen LogP) is 1.33. The largest absolute Gasteiger partial charge is 0.369 e. The molecule has 0 atom stereocenters. The van der Waals surface area contributed by atoms with Crippen LogP contribution in [0.15, 0.2) is 29.2 Å². The third-order valence-corrected chi connectivity index (χ3v) is 4.73. The van der Waals surface area contributed by atoms with Gasteiger partial charge in [0.2, 0.25) is 11.8 Å². The molecular weight excluding hydrogens is 317 g/mol. The first-order valence-corrected chi connectivity index (χ1v) is 8.70. The van der Waals surface area contributed by atoms with Gasteiger partial charge in [-0.1, -0.05) is 0 Å². The number of thioether (sulfide) groups is 1. The molecule has 2 N–H and O–H groups in total. The Morgan fingerprint density at radius 3 is 2.57 bits per heavy atom. The molecule has 0 radical (unpaired) electrons. The summed E-state index contributed by atoms with van der Waals surface area (Å²) in [5, 5.41) is 0. The van der Waals surface area contributed by atoms with Gasteiger partial charge in [0.25, 0.3) is 0 Å². The Morgan fingerprint density at radius 2 is 1.87 bits per heavy atom. The number of carbonyl (C=O) groups excluding carboxylic acids is 2. The summed E-state index contributed by atoms with van der Waals surface area (Å²) < 4.78 is 12.8. The quantitative estimate of drug-likeness (QED) is 0.794. The number of primary amides is 1. The van der Waals surface area contributed by atoms with Crippen molar-refractivity contribution in [3.8, 4) is 0 Å². The standard InChI is InChI=1S/C16H22FN3O2S/c17-13-2-4-14(5-3-13)23-11-6-16(22)20-8-1-7-19(9-10-20)12-15(18)21/h2-5H,1,6-12H2,(H2,18,21). The molecule has 7 heteroatoms. The lowest BCUT2D eigenvalue weighted by atomic mass is 10.3. The van der Waals surface area contributed by atoms with Crippen LogP contribution in [0.2, 0.25) is 0 Å². The summed E-state index contributed by atoms with van der Waals surface area (Å²) in [7, 11) is 0. The van der Waals surface area contributed by atoms with Crippen molar-refractivity contribution < 1.29 is 14.0 Å². The second-order valence-corrected chi connectivity index (χ2v) is 6.70. The van der Waals surface area contributed by atoms with Crippen molar-refractivity contribution in [2.75, 3.05) is 38.5 Å². The molecule has 1 fully saturated rings. The Morgan fingerprint density at radius 1 is 1.13 bits per heavy atom. The van der Waals surface area contributed by atoms with Gasteiger partial charge in [0.15, 0.2) is 0 Å². The first kappa shape index (κ1) is 17.7. The average Bonchev–Trinajstić information content (AvgIpc) is 2.74. The molecule has 1 heterocycles. The highest BCUT2D eigenvalue weighted by Gasteiger charge is 2.19. The van der Waals surface area contributed by atoms with Gasteiger partial charge in [0.05, 0.1) is 6.54 Å². The fourth-order valence-corrected chi connectivity index (χ4v) is 3.38. The average molecular weight is 339 g/mol. The van der Waals surface area contributed by atoms with E-state index in [1.807, 2.05) is 9.80 Å². The number of nitrogens with two attached hydrogens (primary N) is 1. The van der Waals surface area contributed by atoms with Crippen molar-refractivity contribution in [1.82, 2.24) is 9.80 Å². The molecule has 1 aliphatic heterocycles. The minimum absolute atomic E-state index is 0.125. The molecule has 2 amide bonds. The molecule has 0 aromatic heterocycles. The monoisotopic (exact) mass is 339 g/mol. The van der Waals surface area contributed by atoms with Crippen LogP contribution in [-0.2, 0) is 9.59 Å². The Labute approximate surface area is 140 Å². The number of rotatable bonds is 6. The van der Waals surface area contributed by atoms with E-state index < -0.39 is 0 Å². The van der Waals surface area contributed by atoms with E-state index in [1.165, 1.54) is 12.1 Å². The SMILES string of the molecule is NC(=O)CN1CCCN(C(=O)CCSc2ccc(F)cc2)CC1. The van der Waals surface area contributed by atoms with Crippen LogP contribution in [0.25, 0.3) is 0 Å². The van der Waals surface area contributed by atoms with E-state index in [1.54, 1.807) is 23.9 Å². The molecular formula is C16H22FN3O2S. The van der Waals surface area contributed by atoms with Crippen LogP contribution < -0.4 is 5.73 Å². The molecule has 1 aliphatic rings. The maximum atomic E-state index is 12.8. The molecule has 0 aliphatic carbocycles. The molecule has 0 spiro atoms. The minimum atomic E-state index is -0.333. The lowest BCUT2D eigenvalue weighted by molar-refractivity contribution is -0.130. The van der Waals surface area contributed by atoms with Gasteiger partial charge in [-0.2, -0.15) is 0 Å². The van der Waals surface area contributed by atoms with Crippen LogP contribution in [0.1, 0.15) is 12.8 Å². The van der Waals surface area contributed by atoms with Gasteiger partial charge in [0.1, 0.15) is 5.82 Å². The Kier molecular flexibility index (Phi) is 6.85. The normalized spacial score (nSPS) is 16.1. The maximum Gasteiger partial charge on any atom is 0.231 e. The van der Waals surface area contributed by atoms with E-state index in [2.05, 4.69) is 0 Å². The topological polar surface area (TPSA) is 66.6 Å². The fraction of sp³-hybridized carbons (Fsp3) is 0.500. The molecule has 0 bridgehead atoms. The number of hydrogen-bond donors (Lipinski definition) is 1. The molecule has 5 nitrogen and oxygen atoms in total. The van der Waals surface area contributed by atoms with Crippen LogP contribution in [-0.4, -0.2) is 60.1 Å². The van der Waals surface area contributed by atoms with E-state index in [9.17, 15) is 14.0 Å². The summed E-state index contributed by atoms with van der Waals surface area (Å²) in [6, 6.07) is 6.29. The molecule has 1 saturated heterocycles. The van der Waals surface area contributed by atoms with Gasteiger partial charge in [-0.05, 0) is 30.7 Å². The maximum absolute atomic E-state index is 12.8. The highest BCUT2D eigenvalue weighted by molar-refractivity contribution is 7.99. The summed E-state index contributed by atoms with van der Waals surface area (Å²) in [4.78, 5) is 28.0. The highest BCUT2D eigenvalue weighted by Crippen LogP contribution is 2.19. The summed E-state index contributed by atoms with van der Waals surface area (Å²) in [6.45, 7) is 3.07. The summed E-state index contributed by atoms with van der Waals surface area (Å²) in [5.74, 6) is 0.211. The summed E-state index contributed by atoms with van der Waals surface area (Å²) in [5.41, 5.74) is 5.21. The van der Waals surface area contributed by atoms with Gasteiger partial charge in [-0.3, -0.25) is 14.5 Å². The molecule has 0 unspecified atom stereocenters. The number of nitrogens with zero attached hydrogens (tertiary/aromatic N) is 2. The first-order valence-electron chi connectivity index (χ1n) is 7.71. The number of benzene rings is 1. The van der Waals surface area contributed by atoms with Crippen molar-refractivity contribution in [2.45, 2.75) is 17.7 Å². The van der Waals surface area contributed by atoms with Crippen molar-refractivity contribution in [2.24, 2.45) is 5.73 Å². The van der Waals surface area contributed by atoms with Crippen molar-refractivity contribution in [3.63, 3.8) is 0 Å². The van der Waals surface area contributed by atoms with E-state index >= 15 is 0 Å². The Balaban J connectivity index is 1.72. The smallest absolute Gasteiger partial charge is 0.231 e. The Bertz CT molecular complexity index is 539. The fourth-order valence-electron chi connectivity index (χ4n) is 2.54. The van der Waals surface area contributed by atoms with E-state index in [-0.39, 0.29) is 24.2 Å². The van der Waals surface area contributed by atoms with Gasteiger partial charge < -0.3 is 10.6 Å². The molecule has 2 rings (SSSR count).